The van der Waals surface area contributed by atoms with E-state index in [1.165, 1.54) is 12.1 Å². The molecule has 0 aliphatic carbocycles. The summed E-state index contributed by atoms with van der Waals surface area (Å²) in [4.78, 5) is 0. The third-order valence-corrected chi connectivity index (χ3v) is 2.05. The van der Waals surface area contributed by atoms with E-state index in [9.17, 15) is 4.39 Å². The highest BCUT2D eigenvalue weighted by Crippen LogP contribution is 2.17. The molecule has 12 heavy (non-hydrogen) atoms. The fraction of sp³-hybridized carbons (Fsp3) is 0.143. The van der Waals surface area contributed by atoms with E-state index in [1.807, 2.05) is 0 Å². The van der Waals surface area contributed by atoms with Gasteiger partial charge >= 0.3 is 0 Å². The van der Waals surface area contributed by atoms with Crippen LogP contribution in [0.3, 0.4) is 0 Å². The van der Waals surface area contributed by atoms with Crippen molar-refractivity contribution in [1.82, 2.24) is 5.43 Å². The average Bonchev–Trinajstić information content (AvgIpc) is 1.95. The summed E-state index contributed by atoms with van der Waals surface area (Å²) in [5.41, 5.74) is 3.43. The van der Waals surface area contributed by atoms with Crippen LogP contribution in [0, 0.1) is 5.82 Å². The molecule has 3 N–H and O–H groups in total. The Hall–Kier alpha value is -0.160. The highest BCUT2D eigenvalue weighted by Gasteiger charge is 1.98. The van der Waals surface area contributed by atoms with Crippen molar-refractivity contribution in [2.45, 2.75) is 6.54 Å². The van der Waals surface area contributed by atoms with Gasteiger partial charge in [-0.3, -0.25) is 11.3 Å². The van der Waals surface area contributed by atoms with Crippen LogP contribution in [0.2, 0.25) is 0 Å². The molecule has 0 aliphatic heterocycles. The first-order valence-electron chi connectivity index (χ1n) is 3.11. The summed E-state index contributed by atoms with van der Waals surface area (Å²) in [6.07, 6.45) is 0. The molecule has 0 bridgehead atoms. The van der Waals surface area contributed by atoms with Gasteiger partial charge in [0.2, 0.25) is 0 Å². The Kier molecular flexibility index (Phi) is 5.41. The minimum atomic E-state index is -0.252. The van der Waals surface area contributed by atoms with E-state index < -0.39 is 0 Å². The predicted octanol–water partition coefficient (Wildman–Crippen LogP) is 1.97. The average molecular weight is 256 g/mol. The molecule has 2 nitrogen and oxygen atoms in total. The van der Waals surface area contributed by atoms with Crippen molar-refractivity contribution in [3.63, 3.8) is 0 Å². The monoisotopic (exact) mass is 254 g/mol. The van der Waals surface area contributed by atoms with Crippen molar-refractivity contribution in [3.8, 4) is 0 Å². The third-order valence-electron chi connectivity index (χ3n) is 1.31. The minimum Gasteiger partial charge on any atom is -0.271 e. The fourth-order valence-electron chi connectivity index (χ4n) is 0.775. The van der Waals surface area contributed by atoms with Crippen molar-refractivity contribution in [3.05, 3.63) is 34.1 Å². The molecule has 0 saturated heterocycles. The topological polar surface area (TPSA) is 38.0 Å². The van der Waals surface area contributed by atoms with Gasteiger partial charge in [0.15, 0.2) is 0 Å². The Morgan fingerprint density at radius 2 is 2.17 bits per heavy atom. The number of hydrogen-bond acceptors (Lipinski definition) is 2. The Morgan fingerprint density at radius 1 is 1.50 bits per heavy atom. The molecule has 0 fully saturated rings. The molecule has 0 saturated carbocycles. The van der Waals surface area contributed by atoms with Crippen LogP contribution in [0.5, 0.6) is 0 Å². The van der Waals surface area contributed by atoms with Crippen LogP contribution >= 0.6 is 28.3 Å². The molecule has 0 atom stereocenters. The Balaban J connectivity index is 0.00000121. The summed E-state index contributed by atoms with van der Waals surface area (Å²) in [6.45, 7) is 0.529. The quantitative estimate of drug-likeness (QED) is 0.626. The van der Waals surface area contributed by atoms with Gasteiger partial charge in [-0.25, -0.2) is 4.39 Å². The van der Waals surface area contributed by atoms with Gasteiger partial charge in [0, 0.05) is 11.0 Å². The van der Waals surface area contributed by atoms with Crippen molar-refractivity contribution < 1.29 is 4.39 Å². The number of benzene rings is 1. The second kappa shape index (κ2) is 5.48. The van der Waals surface area contributed by atoms with E-state index in [0.29, 0.717) is 6.54 Å². The molecule has 0 aliphatic rings. The molecular formula is C7H9BrClFN2. The second-order valence-corrected chi connectivity index (χ2v) is 2.97. The summed E-state index contributed by atoms with van der Waals surface area (Å²) in [5, 5.41) is 0. The first-order valence-corrected chi connectivity index (χ1v) is 3.90. The molecule has 0 radical (unpaired) electrons. The van der Waals surface area contributed by atoms with E-state index in [4.69, 9.17) is 5.84 Å². The lowest BCUT2D eigenvalue weighted by Crippen LogP contribution is -2.21. The van der Waals surface area contributed by atoms with E-state index in [0.717, 1.165) is 10.0 Å². The molecular weight excluding hydrogens is 246 g/mol. The Morgan fingerprint density at radius 3 is 2.67 bits per heavy atom. The lowest BCUT2D eigenvalue weighted by Gasteiger charge is -2.01. The van der Waals surface area contributed by atoms with Crippen molar-refractivity contribution in [1.29, 1.82) is 0 Å². The molecule has 0 spiro atoms. The third kappa shape index (κ3) is 3.06. The predicted molar refractivity (Wildman–Crippen MR) is 52.4 cm³/mol. The molecule has 1 aromatic carbocycles. The maximum absolute atomic E-state index is 12.5. The smallest absolute Gasteiger partial charge is 0.124 e. The first-order chi connectivity index (χ1) is 5.24. The highest BCUT2D eigenvalue weighted by atomic mass is 79.9. The number of halogens is 3. The van der Waals surface area contributed by atoms with Crippen LogP contribution in [0.1, 0.15) is 5.56 Å². The highest BCUT2D eigenvalue weighted by molar-refractivity contribution is 9.10. The number of nitrogens with two attached hydrogens (primary N) is 1. The van der Waals surface area contributed by atoms with E-state index >= 15 is 0 Å². The van der Waals surface area contributed by atoms with Crippen LogP contribution in [0.25, 0.3) is 0 Å². The van der Waals surface area contributed by atoms with Crippen LogP contribution in [0.15, 0.2) is 22.7 Å². The zero-order valence-corrected chi connectivity index (χ0v) is 8.58. The Labute approximate surface area is 84.8 Å². The fourth-order valence-corrected chi connectivity index (χ4v) is 1.27. The van der Waals surface area contributed by atoms with Crippen molar-refractivity contribution >= 4 is 28.3 Å². The number of hydrogen-bond donors (Lipinski definition) is 2. The summed E-state index contributed by atoms with van der Waals surface area (Å²) in [7, 11) is 0. The summed E-state index contributed by atoms with van der Waals surface area (Å²) >= 11 is 3.21. The van der Waals surface area contributed by atoms with Crippen LogP contribution in [0.4, 0.5) is 4.39 Å². The number of rotatable bonds is 2. The standard InChI is InChI=1S/C7H8BrFN2.ClH/c8-7-3-6(9)2-1-5(7)4-11-10;/h1-3,11H,4,10H2;1H. The largest absolute Gasteiger partial charge is 0.271 e. The second-order valence-electron chi connectivity index (χ2n) is 2.12. The van der Waals surface area contributed by atoms with E-state index in [2.05, 4.69) is 21.4 Å². The first kappa shape index (κ1) is 11.8. The van der Waals surface area contributed by atoms with Gasteiger partial charge in [-0.05, 0) is 17.7 Å². The van der Waals surface area contributed by atoms with Gasteiger partial charge in [-0.15, -0.1) is 12.4 Å². The maximum atomic E-state index is 12.5. The normalized spacial score (nSPS) is 9.25. The van der Waals surface area contributed by atoms with Gasteiger partial charge < -0.3 is 0 Å². The lowest BCUT2D eigenvalue weighted by atomic mass is 10.2. The van der Waals surface area contributed by atoms with Gasteiger partial charge in [-0.1, -0.05) is 22.0 Å². The lowest BCUT2D eigenvalue weighted by molar-refractivity contribution is 0.624. The zero-order valence-electron chi connectivity index (χ0n) is 6.18. The zero-order chi connectivity index (χ0) is 8.27. The van der Waals surface area contributed by atoms with Gasteiger partial charge in [0.1, 0.15) is 5.82 Å². The van der Waals surface area contributed by atoms with Crippen LogP contribution in [-0.2, 0) is 6.54 Å². The molecule has 0 amide bonds. The Bertz CT molecular complexity index is 257. The van der Waals surface area contributed by atoms with Gasteiger partial charge in [0.25, 0.3) is 0 Å². The summed E-state index contributed by atoms with van der Waals surface area (Å²) < 4.78 is 13.2. The molecule has 1 aromatic rings. The molecule has 68 valence electrons. The van der Waals surface area contributed by atoms with Crippen molar-refractivity contribution in [2.75, 3.05) is 0 Å². The summed E-state index contributed by atoms with van der Waals surface area (Å²) in [6, 6.07) is 4.49. The molecule has 0 aromatic heterocycles. The molecule has 0 unspecified atom stereocenters. The van der Waals surface area contributed by atoms with Gasteiger partial charge in [0.05, 0.1) is 0 Å². The van der Waals surface area contributed by atoms with Crippen LogP contribution < -0.4 is 11.3 Å². The molecule has 0 heterocycles. The number of hydrazine groups is 1. The maximum Gasteiger partial charge on any atom is 0.124 e. The van der Waals surface area contributed by atoms with Crippen molar-refractivity contribution in [2.24, 2.45) is 5.84 Å². The number of nitrogens with one attached hydrogen (secondary N) is 1. The molecule has 1 rings (SSSR count). The SMILES string of the molecule is Cl.NNCc1ccc(F)cc1Br. The van der Waals surface area contributed by atoms with E-state index in [1.54, 1.807) is 6.07 Å². The van der Waals surface area contributed by atoms with Gasteiger partial charge in [-0.2, -0.15) is 0 Å². The van der Waals surface area contributed by atoms with E-state index in [-0.39, 0.29) is 18.2 Å². The minimum absolute atomic E-state index is 0. The molecule has 5 heteroatoms. The van der Waals surface area contributed by atoms with Crippen LogP contribution in [-0.4, -0.2) is 0 Å². The summed E-state index contributed by atoms with van der Waals surface area (Å²) in [5.74, 6) is 4.85.